The lowest BCUT2D eigenvalue weighted by Crippen LogP contribution is -2.48. The van der Waals surface area contributed by atoms with E-state index in [1.807, 2.05) is 62.1 Å². The van der Waals surface area contributed by atoms with E-state index in [1.165, 1.54) is 0 Å². The fourth-order valence-corrected chi connectivity index (χ4v) is 4.15. The SMILES string of the molecule is COc1cc2c(cc1OC)C(CNC(=S)NC(C)C)N(C(=O)Nc1ccc(C)cc1)CC2. The summed E-state index contributed by atoms with van der Waals surface area (Å²) in [5.41, 5.74) is 4.07. The number of nitrogens with one attached hydrogen (secondary N) is 3. The number of hydrogen-bond acceptors (Lipinski definition) is 4. The third kappa shape index (κ3) is 5.62. The Bertz CT molecular complexity index is 962. The summed E-state index contributed by atoms with van der Waals surface area (Å²) in [4.78, 5) is 15.1. The van der Waals surface area contributed by atoms with Crippen LogP contribution in [-0.4, -0.2) is 49.4 Å². The van der Waals surface area contributed by atoms with Crippen LogP contribution >= 0.6 is 12.2 Å². The molecule has 1 unspecified atom stereocenters. The molecule has 0 radical (unpaired) electrons. The molecule has 32 heavy (non-hydrogen) atoms. The Morgan fingerprint density at radius 3 is 2.44 bits per heavy atom. The van der Waals surface area contributed by atoms with Gasteiger partial charge < -0.3 is 30.3 Å². The Hall–Kier alpha value is -3.00. The Morgan fingerprint density at radius 1 is 1.16 bits per heavy atom. The molecular weight excluding hydrogens is 424 g/mol. The van der Waals surface area contributed by atoms with Crippen molar-refractivity contribution in [2.45, 2.75) is 39.3 Å². The lowest BCUT2D eigenvalue weighted by Gasteiger charge is -2.38. The smallest absolute Gasteiger partial charge is 0.322 e. The maximum absolute atomic E-state index is 13.3. The van der Waals surface area contributed by atoms with Crippen molar-refractivity contribution < 1.29 is 14.3 Å². The predicted molar refractivity (Wildman–Crippen MR) is 132 cm³/mol. The second kappa shape index (κ2) is 10.5. The van der Waals surface area contributed by atoms with E-state index in [1.54, 1.807) is 14.2 Å². The first-order valence-corrected chi connectivity index (χ1v) is 11.2. The first kappa shape index (κ1) is 23.7. The summed E-state index contributed by atoms with van der Waals surface area (Å²) >= 11 is 5.42. The summed E-state index contributed by atoms with van der Waals surface area (Å²) in [6, 6.07) is 11.6. The van der Waals surface area contributed by atoms with E-state index >= 15 is 0 Å². The molecule has 0 saturated carbocycles. The highest BCUT2D eigenvalue weighted by atomic mass is 32.1. The molecule has 8 heteroatoms. The topological polar surface area (TPSA) is 74.9 Å². The number of methoxy groups -OCH3 is 2. The van der Waals surface area contributed by atoms with E-state index in [0.29, 0.717) is 29.7 Å². The minimum Gasteiger partial charge on any atom is -0.493 e. The number of carbonyl (C=O) groups excluding carboxylic acids is 1. The lowest BCUT2D eigenvalue weighted by molar-refractivity contribution is 0.182. The average molecular weight is 457 g/mol. The van der Waals surface area contributed by atoms with Gasteiger partial charge in [-0.1, -0.05) is 17.7 Å². The van der Waals surface area contributed by atoms with Crippen molar-refractivity contribution in [3.05, 3.63) is 53.1 Å². The van der Waals surface area contributed by atoms with Gasteiger partial charge in [-0.3, -0.25) is 0 Å². The van der Waals surface area contributed by atoms with Gasteiger partial charge in [-0.15, -0.1) is 0 Å². The molecule has 2 amide bonds. The van der Waals surface area contributed by atoms with Gasteiger partial charge in [-0.05, 0) is 74.8 Å². The van der Waals surface area contributed by atoms with E-state index in [9.17, 15) is 4.79 Å². The molecule has 0 spiro atoms. The van der Waals surface area contributed by atoms with E-state index in [4.69, 9.17) is 21.7 Å². The van der Waals surface area contributed by atoms with E-state index in [2.05, 4.69) is 16.0 Å². The zero-order valence-electron chi connectivity index (χ0n) is 19.3. The normalized spacial score (nSPS) is 15.1. The fourth-order valence-electron chi connectivity index (χ4n) is 3.83. The van der Waals surface area contributed by atoms with Gasteiger partial charge in [0.05, 0.1) is 20.3 Å². The summed E-state index contributed by atoms with van der Waals surface area (Å²) in [6.07, 6.45) is 0.724. The van der Waals surface area contributed by atoms with Gasteiger partial charge in [0, 0.05) is 24.8 Å². The van der Waals surface area contributed by atoms with Gasteiger partial charge in [0.15, 0.2) is 16.6 Å². The Kier molecular flexibility index (Phi) is 7.80. The highest BCUT2D eigenvalue weighted by Crippen LogP contribution is 2.38. The second-order valence-corrected chi connectivity index (χ2v) is 8.58. The molecule has 3 N–H and O–H groups in total. The van der Waals surface area contributed by atoms with Crippen LogP contribution in [0.2, 0.25) is 0 Å². The average Bonchev–Trinajstić information content (AvgIpc) is 2.77. The zero-order valence-corrected chi connectivity index (χ0v) is 20.1. The summed E-state index contributed by atoms with van der Waals surface area (Å²) in [7, 11) is 3.24. The summed E-state index contributed by atoms with van der Waals surface area (Å²) in [5.74, 6) is 1.33. The van der Waals surface area contributed by atoms with Gasteiger partial charge in [-0.2, -0.15) is 0 Å². The first-order valence-electron chi connectivity index (χ1n) is 10.8. The number of thiocarbonyl (C=S) groups is 1. The molecule has 3 rings (SSSR count). The van der Waals surface area contributed by atoms with Crippen molar-refractivity contribution in [2.24, 2.45) is 0 Å². The van der Waals surface area contributed by atoms with Gasteiger partial charge in [0.25, 0.3) is 0 Å². The zero-order chi connectivity index (χ0) is 23.3. The second-order valence-electron chi connectivity index (χ2n) is 8.17. The van der Waals surface area contributed by atoms with E-state index in [0.717, 1.165) is 28.8 Å². The predicted octanol–water partition coefficient (Wildman–Crippen LogP) is 4.02. The number of nitrogens with zero attached hydrogens (tertiary/aromatic N) is 1. The number of hydrogen-bond donors (Lipinski definition) is 3. The van der Waals surface area contributed by atoms with Crippen molar-refractivity contribution in [1.29, 1.82) is 0 Å². The number of aryl methyl sites for hydroxylation is 1. The summed E-state index contributed by atoms with van der Waals surface area (Å²) in [6.45, 7) is 7.13. The van der Waals surface area contributed by atoms with Crippen LogP contribution in [0.15, 0.2) is 36.4 Å². The van der Waals surface area contributed by atoms with Crippen molar-refractivity contribution in [1.82, 2.24) is 15.5 Å². The Labute approximate surface area is 195 Å². The molecule has 0 aliphatic carbocycles. The van der Waals surface area contributed by atoms with Gasteiger partial charge in [-0.25, -0.2) is 4.79 Å². The molecule has 0 saturated heterocycles. The maximum Gasteiger partial charge on any atom is 0.322 e. The van der Waals surface area contributed by atoms with Gasteiger partial charge in [0.2, 0.25) is 0 Å². The number of rotatable bonds is 6. The van der Waals surface area contributed by atoms with Crippen molar-refractivity contribution >= 4 is 29.0 Å². The van der Waals surface area contributed by atoms with Crippen LogP contribution in [0, 0.1) is 6.92 Å². The van der Waals surface area contributed by atoms with Crippen LogP contribution in [-0.2, 0) is 6.42 Å². The summed E-state index contributed by atoms with van der Waals surface area (Å²) < 4.78 is 11.0. The molecule has 0 fully saturated rings. The van der Waals surface area contributed by atoms with Crippen molar-refractivity contribution in [3.8, 4) is 11.5 Å². The largest absolute Gasteiger partial charge is 0.493 e. The molecule has 2 aromatic rings. The number of carbonyl (C=O) groups is 1. The number of urea groups is 1. The number of benzene rings is 2. The highest BCUT2D eigenvalue weighted by molar-refractivity contribution is 7.80. The standard InChI is InChI=1S/C24H32N4O3S/c1-15(2)26-23(32)25-14-20-19-13-22(31-5)21(30-4)12-17(19)10-11-28(20)24(29)27-18-8-6-16(3)7-9-18/h6-9,12-13,15,20H,10-11,14H2,1-5H3,(H,27,29)(H2,25,26,32). The first-order chi connectivity index (χ1) is 15.3. The molecule has 172 valence electrons. The molecule has 0 aromatic heterocycles. The van der Waals surface area contributed by atoms with E-state index in [-0.39, 0.29) is 18.1 Å². The lowest BCUT2D eigenvalue weighted by atomic mass is 9.92. The monoisotopic (exact) mass is 456 g/mol. The minimum absolute atomic E-state index is 0.149. The fraction of sp³-hybridized carbons (Fsp3) is 0.417. The maximum atomic E-state index is 13.3. The quantitative estimate of drug-likeness (QED) is 0.570. The number of fused-ring (bicyclic) bond motifs is 1. The molecule has 1 atom stereocenters. The molecule has 1 aliphatic heterocycles. The Morgan fingerprint density at radius 2 is 1.81 bits per heavy atom. The molecule has 1 heterocycles. The molecule has 2 aromatic carbocycles. The van der Waals surface area contributed by atoms with Crippen LogP contribution in [0.5, 0.6) is 11.5 Å². The molecular formula is C24H32N4O3S. The number of ether oxygens (including phenoxy) is 2. The van der Waals surface area contributed by atoms with Crippen LogP contribution in [0.25, 0.3) is 0 Å². The summed E-state index contributed by atoms with van der Waals surface area (Å²) in [5, 5.41) is 10.1. The number of amides is 2. The van der Waals surface area contributed by atoms with Crippen LogP contribution in [0.3, 0.4) is 0 Å². The molecule has 0 bridgehead atoms. The van der Waals surface area contributed by atoms with Crippen molar-refractivity contribution in [2.75, 3.05) is 32.6 Å². The van der Waals surface area contributed by atoms with Crippen LogP contribution < -0.4 is 25.4 Å². The van der Waals surface area contributed by atoms with Crippen LogP contribution in [0.1, 0.15) is 36.6 Å². The molecule has 1 aliphatic rings. The Balaban J connectivity index is 1.88. The molecule has 7 nitrogen and oxygen atoms in total. The van der Waals surface area contributed by atoms with Gasteiger partial charge in [0.1, 0.15) is 0 Å². The minimum atomic E-state index is -0.226. The highest BCUT2D eigenvalue weighted by Gasteiger charge is 2.32. The third-order valence-corrected chi connectivity index (χ3v) is 5.70. The third-order valence-electron chi connectivity index (χ3n) is 5.44. The van der Waals surface area contributed by atoms with Crippen molar-refractivity contribution in [3.63, 3.8) is 0 Å². The van der Waals surface area contributed by atoms with Crippen LogP contribution in [0.4, 0.5) is 10.5 Å². The number of anilines is 1. The van der Waals surface area contributed by atoms with E-state index < -0.39 is 0 Å². The van der Waals surface area contributed by atoms with Gasteiger partial charge >= 0.3 is 6.03 Å².